The van der Waals surface area contributed by atoms with E-state index >= 15 is 0 Å². The summed E-state index contributed by atoms with van der Waals surface area (Å²) in [6, 6.07) is 0. The second kappa shape index (κ2) is 8.85. The van der Waals surface area contributed by atoms with Crippen LogP contribution in [0.3, 0.4) is 0 Å². The van der Waals surface area contributed by atoms with Gasteiger partial charge in [-0.3, -0.25) is 4.79 Å². The van der Waals surface area contributed by atoms with Crippen LogP contribution < -0.4 is 5.32 Å². The fourth-order valence-electron chi connectivity index (χ4n) is 1.85. The molecular formula is C15H31NO2S. The van der Waals surface area contributed by atoms with Crippen molar-refractivity contribution in [1.82, 2.24) is 5.32 Å². The smallest absolute Gasteiger partial charge is 0.325 e. The molecule has 0 saturated carbocycles. The summed E-state index contributed by atoms with van der Waals surface area (Å²) in [5.41, 5.74) is -0.531. The van der Waals surface area contributed by atoms with Gasteiger partial charge in [0.25, 0.3) is 0 Å². The van der Waals surface area contributed by atoms with Crippen LogP contribution in [0.25, 0.3) is 0 Å². The monoisotopic (exact) mass is 289 g/mol. The first-order valence-corrected chi connectivity index (χ1v) is 8.21. The first-order chi connectivity index (χ1) is 8.75. The van der Waals surface area contributed by atoms with Crippen molar-refractivity contribution in [2.45, 2.75) is 70.6 Å². The largest absolute Gasteiger partial charge is 0.468 e. The van der Waals surface area contributed by atoms with E-state index in [1.54, 1.807) is 0 Å². The average Bonchev–Trinajstić information content (AvgIpc) is 2.33. The maximum atomic E-state index is 11.9. The minimum absolute atomic E-state index is 0.149. The summed E-state index contributed by atoms with van der Waals surface area (Å²) < 4.78 is 5.24. The molecule has 0 aliphatic heterocycles. The highest BCUT2D eigenvalue weighted by atomic mass is 32.2. The molecule has 1 atom stereocenters. The van der Waals surface area contributed by atoms with Gasteiger partial charge >= 0.3 is 5.97 Å². The molecule has 1 unspecified atom stereocenters. The number of rotatable bonds is 9. The Bertz CT molecular complexity index is 263. The lowest BCUT2D eigenvalue weighted by Crippen LogP contribution is -2.50. The van der Waals surface area contributed by atoms with Crippen LogP contribution in [0.2, 0.25) is 0 Å². The van der Waals surface area contributed by atoms with Crippen LogP contribution in [0, 0.1) is 0 Å². The van der Waals surface area contributed by atoms with Gasteiger partial charge in [-0.1, -0.05) is 34.1 Å². The van der Waals surface area contributed by atoms with Crippen LogP contribution in [-0.4, -0.2) is 35.7 Å². The molecule has 114 valence electrons. The first-order valence-electron chi connectivity index (χ1n) is 7.22. The van der Waals surface area contributed by atoms with Crippen molar-refractivity contribution in [1.29, 1.82) is 0 Å². The maximum absolute atomic E-state index is 11.9. The molecule has 0 saturated heterocycles. The Balaban J connectivity index is 4.10. The minimum Gasteiger partial charge on any atom is -0.468 e. The zero-order valence-corrected chi connectivity index (χ0v) is 14.3. The Morgan fingerprint density at radius 3 is 2.32 bits per heavy atom. The Morgan fingerprint density at radius 1 is 1.21 bits per heavy atom. The molecule has 0 aromatic carbocycles. The summed E-state index contributed by atoms with van der Waals surface area (Å²) in [7, 11) is 1.46. The highest BCUT2D eigenvalue weighted by Gasteiger charge is 2.32. The molecule has 0 heterocycles. The highest BCUT2D eigenvalue weighted by molar-refractivity contribution is 8.00. The number of hydrogen-bond donors (Lipinski definition) is 1. The van der Waals surface area contributed by atoms with E-state index in [-0.39, 0.29) is 5.97 Å². The Kier molecular flexibility index (Phi) is 8.75. The van der Waals surface area contributed by atoms with E-state index in [2.05, 4.69) is 33.0 Å². The van der Waals surface area contributed by atoms with E-state index < -0.39 is 5.54 Å². The minimum atomic E-state index is -0.531. The van der Waals surface area contributed by atoms with Crippen LogP contribution in [-0.2, 0) is 9.53 Å². The van der Waals surface area contributed by atoms with E-state index in [4.69, 9.17) is 4.74 Å². The summed E-state index contributed by atoms with van der Waals surface area (Å²) in [6.45, 7) is 11.6. The fraction of sp³-hybridized carbons (Fsp3) is 0.933. The van der Waals surface area contributed by atoms with Crippen molar-refractivity contribution >= 4 is 17.7 Å². The topological polar surface area (TPSA) is 38.3 Å². The molecule has 3 nitrogen and oxygen atoms in total. The number of esters is 1. The zero-order valence-electron chi connectivity index (χ0n) is 13.5. The van der Waals surface area contributed by atoms with Crippen molar-refractivity contribution in [2.24, 2.45) is 0 Å². The average molecular weight is 289 g/mol. The molecule has 0 bridgehead atoms. The lowest BCUT2D eigenvalue weighted by atomic mass is 9.95. The van der Waals surface area contributed by atoms with Crippen LogP contribution in [0.1, 0.15) is 60.3 Å². The Morgan fingerprint density at radius 2 is 1.84 bits per heavy atom. The number of carbonyl (C=O) groups excluding carboxylic acids is 1. The number of unbranched alkanes of at least 4 members (excludes halogenated alkanes) is 1. The Labute approximate surface area is 123 Å². The van der Waals surface area contributed by atoms with Gasteiger partial charge in [0.1, 0.15) is 5.54 Å². The van der Waals surface area contributed by atoms with Crippen LogP contribution in [0.15, 0.2) is 0 Å². The molecule has 0 aromatic heterocycles. The number of carbonyl (C=O) groups is 1. The Hall–Kier alpha value is -0.220. The fourth-order valence-corrected chi connectivity index (χ4v) is 2.81. The summed E-state index contributed by atoms with van der Waals surface area (Å²) in [5.74, 6) is 0.999. The predicted octanol–water partition coefficient (Wildman–Crippen LogP) is 3.62. The van der Waals surface area contributed by atoms with Gasteiger partial charge in [-0.15, -0.1) is 0 Å². The normalized spacial score (nSPS) is 15.1. The molecule has 0 aliphatic carbocycles. The van der Waals surface area contributed by atoms with Crippen LogP contribution >= 0.6 is 11.8 Å². The molecule has 0 rings (SSSR count). The molecule has 0 spiro atoms. The number of thioether (sulfide) groups is 1. The molecular weight excluding hydrogens is 258 g/mol. The number of hydrogen-bond acceptors (Lipinski definition) is 4. The van der Waals surface area contributed by atoms with Crippen molar-refractivity contribution in [2.75, 3.05) is 19.4 Å². The third-order valence-corrected chi connectivity index (χ3v) is 4.37. The van der Waals surface area contributed by atoms with Crippen molar-refractivity contribution in [3.63, 3.8) is 0 Å². The molecule has 19 heavy (non-hydrogen) atoms. The predicted molar refractivity (Wildman–Crippen MR) is 84.8 cm³/mol. The summed E-state index contributed by atoms with van der Waals surface area (Å²) in [5, 5.41) is 3.32. The lowest BCUT2D eigenvalue weighted by Gasteiger charge is -2.28. The summed E-state index contributed by atoms with van der Waals surface area (Å²) in [6.07, 6.45) is 4.05. The molecule has 0 fully saturated rings. The lowest BCUT2D eigenvalue weighted by molar-refractivity contribution is -0.148. The molecule has 0 aliphatic rings. The third-order valence-electron chi connectivity index (χ3n) is 3.01. The quantitative estimate of drug-likeness (QED) is 0.520. The van der Waals surface area contributed by atoms with Crippen molar-refractivity contribution < 1.29 is 9.53 Å². The molecule has 0 aromatic rings. The van der Waals surface area contributed by atoms with E-state index in [1.165, 1.54) is 7.11 Å². The van der Waals surface area contributed by atoms with Gasteiger partial charge in [-0.25, -0.2) is 0 Å². The van der Waals surface area contributed by atoms with Gasteiger partial charge in [0.15, 0.2) is 0 Å². The van der Waals surface area contributed by atoms with Crippen molar-refractivity contribution in [3.8, 4) is 0 Å². The van der Waals surface area contributed by atoms with Gasteiger partial charge in [0.2, 0.25) is 0 Å². The summed E-state index contributed by atoms with van der Waals surface area (Å²) >= 11 is 1.98. The van der Waals surface area contributed by atoms with Gasteiger partial charge in [0, 0.05) is 4.75 Å². The second-order valence-corrected chi connectivity index (χ2v) is 8.09. The van der Waals surface area contributed by atoms with Crippen molar-refractivity contribution in [3.05, 3.63) is 0 Å². The summed E-state index contributed by atoms with van der Waals surface area (Å²) in [4.78, 5) is 11.9. The molecule has 0 amide bonds. The van der Waals surface area contributed by atoms with E-state index in [1.807, 2.05) is 18.7 Å². The number of nitrogens with one attached hydrogen (secondary N) is 1. The molecule has 0 radical (unpaired) electrons. The van der Waals surface area contributed by atoms with E-state index in [0.29, 0.717) is 4.75 Å². The first kappa shape index (κ1) is 18.8. The molecule has 4 heteroatoms. The van der Waals surface area contributed by atoms with E-state index in [0.717, 1.165) is 38.0 Å². The van der Waals surface area contributed by atoms with Gasteiger partial charge < -0.3 is 10.1 Å². The number of methoxy groups -OCH3 is 1. The standard InChI is InChI=1S/C15H31NO2S/c1-7-11-16-15(5,13(17)18-6)10-8-9-12-19-14(2,3)4/h16H,7-12H2,1-6H3. The van der Waals surface area contributed by atoms with Gasteiger partial charge in [0.05, 0.1) is 7.11 Å². The molecule has 1 N–H and O–H groups in total. The third kappa shape index (κ3) is 8.53. The highest BCUT2D eigenvalue weighted by Crippen LogP contribution is 2.25. The van der Waals surface area contributed by atoms with Gasteiger partial charge in [-0.2, -0.15) is 11.8 Å². The van der Waals surface area contributed by atoms with Crippen LogP contribution in [0.4, 0.5) is 0 Å². The van der Waals surface area contributed by atoms with Gasteiger partial charge in [-0.05, 0) is 38.5 Å². The zero-order chi connectivity index (χ0) is 14.9. The van der Waals surface area contributed by atoms with Crippen LogP contribution in [0.5, 0.6) is 0 Å². The SMILES string of the molecule is CCCNC(C)(CCCCSC(C)(C)C)C(=O)OC. The van der Waals surface area contributed by atoms with E-state index in [9.17, 15) is 4.79 Å². The second-order valence-electron chi connectivity index (χ2n) is 6.17. The number of ether oxygens (including phenoxy) is 1. The maximum Gasteiger partial charge on any atom is 0.325 e.